The number of amides is 1. The summed E-state index contributed by atoms with van der Waals surface area (Å²) in [6.07, 6.45) is 5.52. The number of nitrogens with zero attached hydrogens (tertiary/aromatic N) is 2. The van der Waals surface area contributed by atoms with Gasteiger partial charge in [0.25, 0.3) is 5.91 Å². The highest BCUT2D eigenvalue weighted by molar-refractivity contribution is 6.34. The molecular weight excluding hydrogens is 577 g/mol. The highest BCUT2D eigenvalue weighted by atomic mass is 35.5. The van der Waals surface area contributed by atoms with Gasteiger partial charge in [0.15, 0.2) is 5.78 Å². The van der Waals surface area contributed by atoms with E-state index in [0.29, 0.717) is 31.2 Å². The third-order valence-corrected chi connectivity index (χ3v) is 8.82. The number of nitrogens with one attached hydrogen (secondary N) is 1. The molecule has 1 aromatic heterocycles. The third-order valence-electron chi connectivity index (χ3n) is 8.50. The number of likely N-dealkylation sites (tertiary alicyclic amines) is 1. The zero-order valence-corrected chi connectivity index (χ0v) is 25.2. The maximum Gasteiger partial charge on any atom is 0.306 e. The molecule has 1 saturated carbocycles. The second kappa shape index (κ2) is 13.1. The second-order valence-electron chi connectivity index (χ2n) is 11.6. The van der Waals surface area contributed by atoms with Gasteiger partial charge in [-0.25, -0.2) is 4.39 Å². The molecule has 2 aromatic carbocycles. The lowest BCUT2D eigenvalue weighted by Crippen LogP contribution is -2.52. The van der Waals surface area contributed by atoms with Gasteiger partial charge in [-0.1, -0.05) is 29.8 Å². The Labute approximate surface area is 254 Å². The molecule has 43 heavy (non-hydrogen) atoms. The molecule has 1 aliphatic carbocycles. The molecule has 1 saturated heterocycles. The van der Waals surface area contributed by atoms with E-state index < -0.39 is 23.6 Å². The summed E-state index contributed by atoms with van der Waals surface area (Å²) < 4.78 is 29.4. The van der Waals surface area contributed by atoms with Crippen molar-refractivity contribution in [3.05, 3.63) is 64.6 Å². The van der Waals surface area contributed by atoms with E-state index in [0.717, 1.165) is 42.9 Å². The maximum absolute atomic E-state index is 15.1. The number of carbonyl (C=O) groups excluding carboxylic acids is 2. The van der Waals surface area contributed by atoms with Crippen molar-refractivity contribution in [3.63, 3.8) is 0 Å². The lowest BCUT2D eigenvalue weighted by Gasteiger charge is -2.41. The predicted octanol–water partition coefficient (Wildman–Crippen LogP) is 5.78. The molecule has 2 N–H and O–H groups in total. The minimum absolute atomic E-state index is 0.0950. The first-order chi connectivity index (χ1) is 20.5. The van der Waals surface area contributed by atoms with Crippen LogP contribution in [0.15, 0.2) is 42.6 Å². The molecule has 11 heteroatoms. The van der Waals surface area contributed by atoms with Crippen LogP contribution in [0.3, 0.4) is 0 Å². The molecule has 3 aromatic rings. The number of halogens is 2. The highest BCUT2D eigenvalue weighted by Crippen LogP contribution is 2.33. The van der Waals surface area contributed by atoms with Gasteiger partial charge < -0.3 is 24.5 Å². The van der Waals surface area contributed by atoms with Crippen LogP contribution in [0.2, 0.25) is 5.02 Å². The van der Waals surface area contributed by atoms with Crippen molar-refractivity contribution in [2.24, 2.45) is 13.0 Å². The number of anilines is 1. The molecule has 2 fully saturated rings. The number of carboxylic acids is 1. The van der Waals surface area contributed by atoms with Gasteiger partial charge in [0.2, 0.25) is 5.91 Å². The number of aryl methyl sites for hydroxylation is 1. The van der Waals surface area contributed by atoms with Gasteiger partial charge in [0.1, 0.15) is 12.4 Å². The molecule has 230 valence electrons. The van der Waals surface area contributed by atoms with Crippen LogP contribution in [-0.2, 0) is 32.5 Å². The first kappa shape index (κ1) is 31.1. The van der Waals surface area contributed by atoms with Gasteiger partial charge >= 0.3 is 5.97 Å². The Morgan fingerprint density at radius 3 is 2.51 bits per heavy atom. The van der Waals surface area contributed by atoms with E-state index >= 15 is 4.39 Å². The van der Waals surface area contributed by atoms with Crippen molar-refractivity contribution in [1.29, 1.82) is 0 Å². The van der Waals surface area contributed by atoms with Crippen molar-refractivity contribution in [2.75, 3.05) is 25.0 Å². The number of benzene rings is 2. The van der Waals surface area contributed by atoms with Crippen LogP contribution in [0.25, 0.3) is 10.9 Å². The average Bonchev–Trinajstić information content (AvgIpc) is 3.64. The summed E-state index contributed by atoms with van der Waals surface area (Å²) in [5, 5.41) is 12.9. The summed E-state index contributed by atoms with van der Waals surface area (Å²) in [6.45, 7) is 3.00. The number of carbonyl (C=O) groups is 3. The molecule has 1 atom stereocenters. The van der Waals surface area contributed by atoms with Crippen LogP contribution >= 0.6 is 11.6 Å². The molecular formula is C32H37ClFN3O6. The van der Waals surface area contributed by atoms with Crippen molar-refractivity contribution in [2.45, 2.75) is 63.9 Å². The predicted molar refractivity (Wildman–Crippen MR) is 161 cm³/mol. The number of aromatic nitrogens is 1. The first-order valence-electron chi connectivity index (χ1n) is 14.7. The Hall–Kier alpha value is -3.31. The van der Waals surface area contributed by atoms with Crippen LogP contribution in [0, 0.1) is 11.7 Å². The number of hydrogen-bond acceptors (Lipinski definition) is 6. The number of para-hydroxylation sites is 1. The molecule has 1 amide bonds. The Morgan fingerprint density at radius 1 is 1.12 bits per heavy atom. The summed E-state index contributed by atoms with van der Waals surface area (Å²) in [7, 11) is 1.84. The van der Waals surface area contributed by atoms with Gasteiger partial charge in [0, 0.05) is 50.6 Å². The van der Waals surface area contributed by atoms with Crippen molar-refractivity contribution in [3.8, 4) is 0 Å². The molecule has 2 heterocycles. The van der Waals surface area contributed by atoms with E-state index in [2.05, 4.69) is 10.2 Å². The van der Waals surface area contributed by atoms with Crippen LogP contribution in [0.5, 0.6) is 0 Å². The minimum Gasteiger partial charge on any atom is -0.481 e. The normalized spacial score (nSPS) is 20.7. The number of ketones is 1. The Balaban J connectivity index is 1.21. The largest absolute Gasteiger partial charge is 0.481 e. The summed E-state index contributed by atoms with van der Waals surface area (Å²) in [4.78, 5) is 39.4. The van der Waals surface area contributed by atoms with Crippen LogP contribution in [0.4, 0.5) is 10.1 Å². The number of Topliss-reactive ketones (excluding diaryl/α,β-unsaturated/α-hetero) is 1. The van der Waals surface area contributed by atoms with Gasteiger partial charge in [-0.2, -0.15) is 0 Å². The number of rotatable bonds is 11. The molecule has 0 bridgehead atoms. The number of fused-ring (bicyclic) bond motifs is 1. The van der Waals surface area contributed by atoms with E-state index in [-0.39, 0.29) is 47.1 Å². The van der Waals surface area contributed by atoms with E-state index in [9.17, 15) is 19.5 Å². The highest BCUT2D eigenvalue weighted by Gasteiger charge is 2.40. The number of hydrogen-bond donors (Lipinski definition) is 2. The smallest absolute Gasteiger partial charge is 0.306 e. The van der Waals surface area contributed by atoms with Crippen LogP contribution in [0.1, 0.15) is 61.4 Å². The molecule has 9 nitrogen and oxygen atoms in total. The van der Waals surface area contributed by atoms with Crippen LogP contribution < -0.4 is 5.32 Å². The Bertz CT molecular complexity index is 1510. The van der Waals surface area contributed by atoms with E-state index in [4.69, 9.17) is 21.1 Å². The third kappa shape index (κ3) is 7.09. The zero-order chi connectivity index (χ0) is 30.7. The lowest BCUT2D eigenvalue weighted by molar-refractivity contribution is -0.320. The molecule has 1 unspecified atom stereocenters. The SMILES string of the molecule is Cn1cc(C(=O)Nc2cc(F)c(CC(=O)COC(C)(OC3CCC(C(=O)O)CC3)N3CCCC3)cc2Cl)c2ccccc21. The quantitative estimate of drug-likeness (QED) is 0.264. The number of aliphatic carboxylic acids is 1. The molecule has 5 rings (SSSR count). The van der Waals surface area contributed by atoms with Crippen molar-refractivity contribution in [1.82, 2.24) is 9.47 Å². The summed E-state index contributed by atoms with van der Waals surface area (Å²) in [5.41, 5.74) is 1.52. The van der Waals surface area contributed by atoms with E-state index in [1.165, 1.54) is 6.07 Å². The summed E-state index contributed by atoms with van der Waals surface area (Å²) in [5.74, 6) is -3.74. The van der Waals surface area contributed by atoms with Crippen molar-refractivity contribution >= 4 is 45.9 Å². The van der Waals surface area contributed by atoms with Crippen molar-refractivity contribution < 1.29 is 33.4 Å². The van der Waals surface area contributed by atoms with Gasteiger partial charge in [-0.15, -0.1) is 0 Å². The maximum atomic E-state index is 15.1. The minimum atomic E-state index is -1.15. The molecule has 0 spiro atoms. The topological polar surface area (TPSA) is 110 Å². The second-order valence-corrected chi connectivity index (χ2v) is 12.0. The first-order valence-corrected chi connectivity index (χ1v) is 15.1. The standard InChI is InChI=1S/C32H37ClFN3O6/c1-32(37-13-5-6-14-37,43-23-11-9-20(10-12-23)31(40)41)42-19-22(38)15-21-16-26(33)28(17-27(21)34)35-30(39)25-18-36(2)29-8-4-3-7-24(25)29/h3-4,7-8,16-18,20,23H,5-6,9-15,19H2,1-2H3,(H,35,39)(H,40,41). The molecule has 1 aliphatic heterocycles. The van der Waals surface area contributed by atoms with Crippen LogP contribution in [-0.4, -0.2) is 63.9 Å². The fourth-order valence-corrected chi connectivity index (χ4v) is 6.30. The number of ether oxygens (including phenoxy) is 2. The van der Waals surface area contributed by atoms with E-state index in [1.54, 1.807) is 13.1 Å². The fraction of sp³-hybridized carbons (Fsp3) is 0.469. The Morgan fingerprint density at radius 2 is 1.81 bits per heavy atom. The van der Waals surface area contributed by atoms with E-state index in [1.807, 2.05) is 35.9 Å². The monoisotopic (exact) mass is 613 g/mol. The Kier molecular flexibility index (Phi) is 9.51. The molecule has 2 aliphatic rings. The summed E-state index contributed by atoms with van der Waals surface area (Å²) >= 11 is 6.42. The molecule has 0 radical (unpaired) electrons. The number of carboxylic acid groups (broad SMARTS) is 1. The zero-order valence-electron chi connectivity index (χ0n) is 24.4. The average molecular weight is 614 g/mol. The van der Waals surface area contributed by atoms with Gasteiger partial charge in [-0.3, -0.25) is 19.3 Å². The lowest BCUT2D eigenvalue weighted by atomic mass is 9.87. The van der Waals surface area contributed by atoms with Gasteiger partial charge in [0.05, 0.1) is 28.3 Å². The fourth-order valence-electron chi connectivity index (χ4n) is 6.07. The summed E-state index contributed by atoms with van der Waals surface area (Å²) in [6, 6.07) is 9.95. The van der Waals surface area contributed by atoms with Gasteiger partial charge in [-0.05, 0) is 62.3 Å².